The first-order valence-electron chi connectivity index (χ1n) is 12.0. The van der Waals surface area contributed by atoms with Crippen LogP contribution in [0.3, 0.4) is 0 Å². The second kappa shape index (κ2) is 12.2. The number of hydrogen-bond acceptors (Lipinski definition) is 5. The third-order valence-electron chi connectivity index (χ3n) is 5.91. The van der Waals surface area contributed by atoms with Crippen LogP contribution in [0.25, 0.3) is 10.9 Å². The first-order valence-corrected chi connectivity index (χ1v) is 12.0. The number of amides is 3. The first kappa shape index (κ1) is 28.2. The Morgan fingerprint density at radius 2 is 1.84 bits per heavy atom. The Bertz CT molecular complexity index is 1420. The van der Waals surface area contributed by atoms with Crippen LogP contribution in [0.1, 0.15) is 18.5 Å². The fourth-order valence-electron chi connectivity index (χ4n) is 3.72. The SMILES string of the molecule is CN(C)C(=O)/C=C/CCC(OC(=O)N(C)C)C(=O)Nc1cccn(Cc2cc3cc(F)ccc3n2C)c1=O. The number of fused-ring (bicyclic) bond motifs is 1. The van der Waals surface area contributed by atoms with Crippen molar-refractivity contribution in [3.8, 4) is 0 Å². The van der Waals surface area contributed by atoms with E-state index in [9.17, 15) is 23.6 Å². The molecule has 0 saturated carbocycles. The zero-order chi connectivity index (χ0) is 28.0. The van der Waals surface area contributed by atoms with Gasteiger partial charge in [0, 0.05) is 58.0 Å². The van der Waals surface area contributed by atoms with E-state index >= 15 is 0 Å². The summed E-state index contributed by atoms with van der Waals surface area (Å²) in [5.74, 6) is -1.22. The normalized spacial score (nSPS) is 11.9. The first-order chi connectivity index (χ1) is 18.0. The summed E-state index contributed by atoms with van der Waals surface area (Å²) in [6, 6.07) is 9.38. The molecule has 0 radical (unpaired) electrons. The van der Waals surface area contributed by atoms with Crippen LogP contribution < -0.4 is 10.9 Å². The van der Waals surface area contributed by atoms with Crippen molar-refractivity contribution >= 4 is 34.5 Å². The number of aromatic nitrogens is 2. The van der Waals surface area contributed by atoms with Crippen LogP contribution in [0, 0.1) is 5.82 Å². The molecule has 10 nitrogen and oxygen atoms in total. The average molecular weight is 526 g/mol. The summed E-state index contributed by atoms with van der Waals surface area (Å²) in [5, 5.41) is 3.29. The number of likely N-dealkylation sites (N-methyl/N-ethyl adjacent to an activating group) is 1. The van der Waals surface area contributed by atoms with Crippen LogP contribution in [-0.4, -0.2) is 71.1 Å². The lowest BCUT2D eigenvalue weighted by atomic mass is 10.1. The molecule has 3 aromatic rings. The molecule has 0 fully saturated rings. The molecular weight excluding hydrogens is 493 g/mol. The molecule has 3 amide bonds. The van der Waals surface area contributed by atoms with E-state index in [1.165, 1.54) is 52.7 Å². The molecule has 0 spiro atoms. The Kier molecular flexibility index (Phi) is 9.06. The van der Waals surface area contributed by atoms with Crippen molar-refractivity contribution in [2.45, 2.75) is 25.5 Å². The minimum absolute atomic E-state index is 0.0199. The second-order valence-electron chi connectivity index (χ2n) is 9.22. The number of ether oxygens (including phenoxy) is 1. The number of hydrogen-bond donors (Lipinski definition) is 1. The number of nitrogens with one attached hydrogen (secondary N) is 1. The summed E-state index contributed by atoms with van der Waals surface area (Å²) in [7, 11) is 8.05. The average Bonchev–Trinajstić information content (AvgIpc) is 3.16. The van der Waals surface area contributed by atoms with E-state index < -0.39 is 23.7 Å². The summed E-state index contributed by atoms with van der Waals surface area (Å²) in [5.41, 5.74) is 1.16. The number of rotatable bonds is 9. The van der Waals surface area contributed by atoms with E-state index in [-0.39, 0.29) is 30.4 Å². The Balaban J connectivity index is 1.78. The van der Waals surface area contributed by atoms with Gasteiger partial charge in [0.25, 0.3) is 11.5 Å². The van der Waals surface area contributed by atoms with Gasteiger partial charge in [-0.15, -0.1) is 0 Å². The molecule has 3 rings (SSSR count). The van der Waals surface area contributed by atoms with Crippen molar-refractivity contribution in [2.75, 3.05) is 33.5 Å². The Morgan fingerprint density at radius 3 is 2.53 bits per heavy atom. The molecule has 0 aliphatic rings. The van der Waals surface area contributed by atoms with Gasteiger partial charge in [-0.1, -0.05) is 6.08 Å². The van der Waals surface area contributed by atoms with Crippen molar-refractivity contribution in [3.05, 3.63) is 76.6 Å². The number of benzene rings is 1. The predicted molar refractivity (Wildman–Crippen MR) is 142 cm³/mol. The molecule has 1 unspecified atom stereocenters. The zero-order valence-corrected chi connectivity index (χ0v) is 22.1. The molecule has 1 atom stereocenters. The molecule has 11 heteroatoms. The molecule has 2 aromatic heterocycles. The number of allylic oxidation sites excluding steroid dienone is 1. The summed E-state index contributed by atoms with van der Waals surface area (Å²) < 4.78 is 22.3. The third kappa shape index (κ3) is 6.87. The van der Waals surface area contributed by atoms with E-state index in [2.05, 4.69) is 5.32 Å². The highest BCUT2D eigenvalue weighted by molar-refractivity contribution is 5.95. The van der Waals surface area contributed by atoms with Crippen molar-refractivity contribution < 1.29 is 23.5 Å². The van der Waals surface area contributed by atoms with Gasteiger partial charge >= 0.3 is 6.09 Å². The summed E-state index contributed by atoms with van der Waals surface area (Å²) in [6.07, 6.45) is 3.06. The molecular formula is C27H32FN5O5. The number of pyridine rings is 1. The van der Waals surface area contributed by atoms with Crippen LogP contribution in [0.4, 0.5) is 14.9 Å². The summed E-state index contributed by atoms with van der Waals surface area (Å²) in [4.78, 5) is 52.7. The maximum absolute atomic E-state index is 13.6. The monoisotopic (exact) mass is 525 g/mol. The van der Waals surface area contributed by atoms with Gasteiger partial charge in [-0.2, -0.15) is 0 Å². The van der Waals surface area contributed by atoms with Gasteiger partial charge in [-0.25, -0.2) is 9.18 Å². The van der Waals surface area contributed by atoms with Gasteiger partial charge < -0.3 is 29.0 Å². The second-order valence-corrected chi connectivity index (χ2v) is 9.22. The number of nitrogens with zero attached hydrogens (tertiary/aromatic N) is 4. The van der Waals surface area contributed by atoms with Crippen LogP contribution in [0.15, 0.2) is 59.5 Å². The van der Waals surface area contributed by atoms with Crippen molar-refractivity contribution in [1.29, 1.82) is 0 Å². The molecule has 0 aliphatic carbocycles. The van der Waals surface area contributed by atoms with Crippen LogP contribution >= 0.6 is 0 Å². The molecule has 202 valence electrons. The standard InChI is InChI=1S/C27H32FN5O5/c1-30(2)24(34)11-7-6-10-23(38-27(37)31(3)4)25(35)29-21-9-8-14-33(26(21)36)17-20-16-18-15-19(28)12-13-22(18)32(20)5/h7-9,11-16,23H,6,10,17H2,1-5H3,(H,29,35)/b11-7+. The Hall–Kier alpha value is -4.41. The summed E-state index contributed by atoms with van der Waals surface area (Å²) in [6.45, 7) is 0.194. The van der Waals surface area contributed by atoms with E-state index in [1.54, 1.807) is 44.6 Å². The van der Waals surface area contributed by atoms with Crippen molar-refractivity contribution in [2.24, 2.45) is 7.05 Å². The number of carbonyl (C=O) groups excluding carboxylic acids is 3. The Morgan fingerprint density at radius 1 is 1.11 bits per heavy atom. The van der Waals surface area contributed by atoms with Crippen molar-refractivity contribution in [3.63, 3.8) is 0 Å². The largest absolute Gasteiger partial charge is 0.436 e. The molecule has 38 heavy (non-hydrogen) atoms. The van der Waals surface area contributed by atoms with E-state index in [1.807, 2.05) is 11.6 Å². The molecule has 1 N–H and O–H groups in total. The molecule has 0 aliphatic heterocycles. The van der Waals surface area contributed by atoms with Gasteiger partial charge in [0.2, 0.25) is 5.91 Å². The highest BCUT2D eigenvalue weighted by Gasteiger charge is 2.24. The number of anilines is 1. The van der Waals surface area contributed by atoms with E-state index in [4.69, 9.17) is 4.74 Å². The number of halogens is 1. The topological polar surface area (TPSA) is 106 Å². The van der Waals surface area contributed by atoms with Gasteiger partial charge in [0.15, 0.2) is 6.10 Å². The lowest BCUT2D eigenvalue weighted by Crippen LogP contribution is -2.37. The van der Waals surface area contributed by atoms with E-state index in [0.717, 1.165) is 11.2 Å². The maximum atomic E-state index is 13.6. The van der Waals surface area contributed by atoms with E-state index in [0.29, 0.717) is 11.8 Å². The fourth-order valence-corrected chi connectivity index (χ4v) is 3.72. The number of aryl methyl sites for hydroxylation is 1. The van der Waals surface area contributed by atoms with Crippen LogP contribution in [-0.2, 0) is 27.9 Å². The van der Waals surface area contributed by atoms with Gasteiger partial charge in [-0.05, 0) is 55.3 Å². The maximum Gasteiger partial charge on any atom is 0.410 e. The minimum atomic E-state index is -1.19. The fraction of sp³-hybridized carbons (Fsp3) is 0.333. The smallest absolute Gasteiger partial charge is 0.410 e. The van der Waals surface area contributed by atoms with Gasteiger partial charge in [0.05, 0.1) is 6.54 Å². The lowest BCUT2D eigenvalue weighted by Gasteiger charge is -2.19. The quantitative estimate of drug-likeness (QED) is 0.433. The lowest BCUT2D eigenvalue weighted by molar-refractivity contribution is -0.125. The minimum Gasteiger partial charge on any atom is -0.436 e. The zero-order valence-electron chi connectivity index (χ0n) is 22.1. The molecule has 2 heterocycles. The predicted octanol–water partition coefficient (Wildman–Crippen LogP) is 2.96. The highest BCUT2D eigenvalue weighted by Crippen LogP contribution is 2.20. The molecule has 0 bridgehead atoms. The van der Waals surface area contributed by atoms with Gasteiger partial charge in [-0.3, -0.25) is 14.4 Å². The number of carbonyl (C=O) groups is 3. The van der Waals surface area contributed by atoms with Crippen LogP contribution in [0.5, 0.6) is 0 Å². The van der Waals surface area contributed by atoms with Crippen molar-refractivity contribution in [1.82, 2.24) is 18.9 Å². The Labute approximate surface area is 219 Å². The van der Waals surface area contributed by atoms with Crippen LogP contribution in [0.2, 0.25) is 0 Å². The summed E-state index contributed by atoms with van der Waals surface area (Å²) >= 11 is 0. The van der Waals surface area contributed by atoms with Gasteiger partial charge in [0.1, 0.15) is 11.5 Å². The molecule has 1 aromatic carbocycles. The third-order valence-corrected chi connectivity index (χ3v) is 5.91. The highest BCUT2D eigenvalue weighted by atomic mass is 19.1. The molecule has 0 saturated heterocycles.